The molecular weight excluding hydrogens is 429 g/mol. The number of nitrogens with zero attached hydrogens (tertiary/aromatic N) is 2. The normalized spacial score (nSPS) is 10.8. The van der Waals surface area contributed by atoms with Crippen molar-refractivity contribution < 1.29 is 13.0 Å². The largest absolute Gasteiger partial charge is 0.341 e. The number of rotatable bonds is 4. The first-order valence-electron chi connectivity index (χ1n) is 6.66. The molecule has 2 N–H and O–H groups in total. The van der Waals surface area contributed by atoms with E-state index in [0.717, 1.165) is 22.6 Å². The van der Waals surface area contributed by atoms with Crippen molar-refractivity contribution in [2.24, 2.45) is 0 Å². The Bertz CT molecular complexity index is 956. The van der Waals surface area contributed by atoms with Crippen LogP contribution in [0.5, 0.6) is 0 Å². The molecule has 11 heteroatoms. The van der Waals surface area contributed by atoms with Crippen LogP contribution < -0.4 is 0 Å². The van der Waals surface area contributed by atoms with Crippen LogP contribution in [0.4, 0.5) is 0 Å². The van der Waals surface area contributed by atoms with Crippen molar-refractivity contribution in [3.63, 3.8) is 0 Å². The third-order valence-electron chi connectivity index (χ3n) is 3.22. The average Bonchev–Trinajstić information content (AvgIpc) is 3.11. The molecule has 3 aromatic heterocycles. The highest BCUT2D eigenvalue weighted by Gasteiger charge is 2.24. The maximum atomic E-state index is 11.5. The molecule has 0 atom stereocenters. The smallest absolute Gasteiger partial charge is 0.304 e. The van der Waals surface area contributed by atoms with E-state index in [1.54, 1.807) is 18.5 Å². The Balaban J connectivity index is 0.00000156. The topological polar surface area (TPSA) is 95.9 Å². The van der Waals surface area contributed by atoms with Gasteiger partial charge in [-0.2, -0.15) is 8.42 Å². The Morgan fingerprint density at radius 1 is 1.36 bits per heavy atom. The average molecular weight is 443 g/mol. The lowest BCUT2D eigenvalue weighted by Crippen LogP contribution is -1.97. The van der Waals surface area contributed by atoms with E-state index < -0.39 is 10.1 Å². The van der Waals surface area contributed by atoms with Crippen LogP contribution in [0.15, 0.2) is 34.8 Å². The molecule has 25 heavy (non-hydrogen) atoms. The molecule has 0 saturated carbocycles. The number of H-pyrrole nitrogens is 1. The van der Waals surface area contributed by atoms with E-state index in [1.807, 2.05) is 13.0 Å². The lowest BCUT2D eigenvalue weighted by atomic mass is 10.1. The number of hydrogen-bond acceptors (Lipinski definition) is 5. The number of aromatic amines is 1. The molecule has 0 fully saturated rings. The van der Waals surface area contributed by atoms with Crippen molar-refractivity contribution in [3.05, 3.63) is 40.6 Å². The molecule has 0 aliphatic carbocycles. The second kappa shape index (κ2) is 8.48. The molecule has 136 valence electrons. The second-order valence-electron chi connectivity index (χ2n) is 4.73. The summed E-state index contributed by atoms with van der Waals surface area (Å²) in [6.07, 6.45) is 4.03. The number of thiophene rings is 1. The summed E-state index contributed by atoms with van der Waals surface area (Å²) in [7, 11) is -4.37. The van der Waals surface area contributed by atoms with Gasteiger partial charge < -0.3 is 4.98 Å². The molecule has 3 rings (SSSR count). The molecule has 0 aliphatic rings. The van der Waals surface area contributed by atoms with Gasteiger partial charge in [-0.1, -0.05) is 18.5 Å². The van der Waals surface area contributed by atoms with Gasteiger partial charge >= 0.3 is 10.1 Å². The quantitative estimate of drug-likeness (QED) is 0.580. The fourth-order valence-corrected chi connectivity index (χ4v) is 4.46. The molecular formula is C14H14Cl3N3O3S2. The number of nitrogens with one attached hydrogen (secondary N) is 1. The van der Waals surface area contributed by atoms with Crippen LogP contribution in [0.25, 0.3) is 22.6 Å². The van der Waals surface area contributed by atoms with Gasteiger partial charge in [-0.15, -0.1) is 36.2 Å². The van der Waals surface area contributed by atoms with Crippen LogP contribution in [0.3, 0.4) is 0 Å². The van der Waals surface area contributed by atoms with Crippen LogP contribution >= 0.6 is 47.8 Å². The number of aromatic nitrogens is 3. The lowest BCUT2D eigenvalue weighted by Gasteiger charge is -1.98. The Kier molecular flexibility index (Phi) is 7.42. The van der Waals surface area contributed by atoms with E-state index in [4.69, 9.17) is 11.6 Å². The number of imidazole rings is 1. The molecule has 3 aromatic rings. The van der Waals surface area contributed by atoms with Crippen molar-refractivity contribution >= 4 is 57.9 Å². The maximum absolute atomic E-state index is 11.5. The first-order valence-corrected chi connectivity index (χ1v) is 9.30. The van der Waals surface area contributed by atoms with Crippen molar-refractivity contribution in [3.8, 4) is 22.6 Å². The van der Waals surface area contributed by atoms with Gasteiger partial charge in [0.05, 0.1) is 15.6 Å². The standard InChI is InChI=1S/C14H12ClN3O3S2.2ClH/c1-2-10-12(8-4-3-5-16-7-8)18-13(17-10)9-6-11(15)22-14(9)23(19,20)21;;/h3-7H,2H2,1H3,(H,17,18)(H,19,20,21);2*1H. The van der Waals surface area contributed by atoms with Crippen LogP contribution in [-0.2, 0) is 16.5 Å². The van der Waals surface area contributed by atoms with E-state index in [9.17, 15) is 13.0 Å². The minimum Gasteiger partial charge on any atom is -0.341 e. The number of halogens is 3. The zero-order valence-electron chi connectivity index (χ0n) is 12.8. The van der Waals surface area contributed by atoms with Crippen LogP contribution in [-0.4, -0.2) is 27.9 Å². The third kappa shape index (κ3) is 4.52. The van der Waals surface area contributed by atoms with Crippen molar-refractivity contribution in [1.82, 2.24) is 15.0 Å². The molecule has 0 radical (unpaired) electrons. The maximum Gasteiger partial charge on any atom is 0.304 e. The minimum absolute atomic E-state index is 0. The summed E-state index contributed by atoms with van der Waals surface area (Å²) >= 11 is 6.70. The molecule has 0 saturated heterocycles. The van der Waals surface area contributed by atoms with Crippen molar-refractivity contribution in [2.45, 2.75) is 17.6 Å². The summed E-state index contributed by atoms with van der Waals surface area (Å²) in [5, 5.41) is 0. The van der Waals surface area contributed by atoms with Crippen LogP contribution in [0.1, 0.15) is 12.6 Å². The Hall–Kier alpha value is -1.16. The van der Waals surface area contributed by atoms with Gasteiger partial charge in [-0.3, -0.25) is 9.54 Å². The molecule has 0 aromatic carbocycles. The van der Waals surface area contributed by atoms with Gasteiger partial charge in [0, 0.05) is 23.7 Å². The number of pyridine rings is 1. The summed E-state index contributed by atoms with van der Waals surface area (Å²) in [6.45, 7) is 1.96. The highest BCUT2D eigenvalue weighted by Crippen LogP contribution is 2.37. The summed E-state index contributed by atoms with van der Waals surface area (Å²) < 4.78 is 32.5. The predicted octanol–water partition coefficient (Wildman–Crippen LogP) is 4.51. The Labute approximate surface area is 166 Å². The molecule has 0 bridgehead atoms. The van der Waals surface area contributed by atoms with Crippen molar-refractivity contribution in [2.75, 3.05) is 0 Å². The van der Waals surface area contributed by atoms with E-state index in [0.29, 0.717) is 17.9 Å². The summed E-state index contributed by atoms with van der Waals surface area (Å²) in [5.41, 5.74) is 2.62. The Morgan fingerprint density at radius 3 is 2.64 bits per heavy atom. The second-order valence-corrected chi connectivity index (χ2v) is 8.03. The molecule has 0 amide bonds. The summed E-state index contributed by atoms with van der Waals surface area (Å²) in [6, 6.07) is 5.14. The highest BCUT2D eigenvalue weighted by molar-refractivity contribution is 7.88. The van der Waals surface area contributed by atoms with E-state index in [1.165, 1.54) is 6.07 Å². The molecule has 0 unspecified atom stereocenters. The third-order valence-corrected chi connectivity index (χ3v) is 5.85. The Morgan fingerprint density at radius 2 is 2.08 bits per heavy atom. The first-order chi connectivity index (χ1) is 10.9. The predicted molar refractivity (Wildman–Crippen MR) is 104 cm³/mol. The molecule has 0 spiro atoms. The monoisotopic (exact) mass is 441 g/mol. The van der Waals surface area contributed by atoms with Gasteiger partial charge in [0.25, 0.3) is 0 Å². The zero-order chi connectivity index (χ0) is 16.6. The van der Waals surface area contributed by atoms with Gasteiger partial charge in [-0.05, 0) is 24.6 Å². The van der Waals surface area contributed by atoms with Gasteiger partial charge in [0.2, 0.25) is 0 Å². The summed E-state index contributed by atoms with van der Waals surface area (Å²) in [5.74, 6) is 0.344. The molecule has 0 aliphatic heterocycles. The van der Waals surface area contributed by atoms with Crippen LogP contribution in [0.2, 0.25) is 4.34 Å². The van der Waals surface area contributed by atoms with E-state index >= 15 is 0 Å². The molecule has 3 heterocycles. The van der Waals surface area contributed by atoms with Crippen LogP contribution in [0, 0.1) is 0 Å². The van der Waals surface area contributed by atoms with Gasteiger partial charge in [0.15, 0.2) is 4.21 Å². The molecule has 6 nitrogen and oxygen atoms in total. The SMILES string of the molecule is CCc1[nH]c(-c2cc(Cl)sc2S(=O)(=O)O)nc1-c1cccnc1.Cl.Cl. The lowest BCUT2D eigenvalue weighted by molar-refractivity contribution is 0.486. The number of hydrogen-bond donors (Lipinski definition) is 2. The van der Waals surface area contributed by atoms with Gasteiger partial charge in [0.1, 0.15) is 5.82 Å². The van der Waals surface area contributed by atoms with Gasteiger partial charge in [-0.25, -0.2) is 4.98 Å². The van der Waals surface area contributed by atoms with E-state index in [2.05, 4.69) is 15.0 Å². The first kappa shape index (κ1) is 21.9. The van der Waals surface area contributed by atoms with Crippen molar-refractivity contribution in [1.29, 1.82) is 0 Å². The summed E-state index contributed by atoms with van der Waals surface area (Å²) in [4.78, 5) is 11.7. The van der Waals surface area contributed by atoms with E-state index in [-0.39, 0.29) is 38.9 Å². The number of aryl methyl sites for hydroxylation is 1. The fourth-order valence-electron chi connectivity index (χ4n) is 2.24. The highest BCUT2D eigenvalue weighted by atomic mass is 35.5. The fraction of sp³-hybridized carbons (Fsp3) is 0.143. The zero-order valence-corrected chi connectivity index (χ0v) is 16.8. The minimum atomic E-state index is -4.37.